The number of aromatic nitrogens is 4. The first-order chi connectivity index (χ1) is 8.85. The lowest BCUT2D eigenvalue weighted by Gasteiger charge is -2.12. The fourth-order valence-electron chi connectivity index (χ4n) is 1.75. The Kier molecular flexibility index (Phi) is 4.08. The summed E-state index contributed by atoms with van der Waals surface area (Å²) in [4.78, 5) is 12.3. The first-order valence-electron chi connectivity index (χ1n) is 5.85. The van der Waals surface area contributed by atoms with Crippen molar-refractivity contribution < 1.29 is 0 Å². The number of nitrogen functional groups attached to an aromatic ring is 1. The van der Waals surface area contributed by atoms with Crippen LogP contribution in [0.15, 0.2) is 25.0 Å². The van der Waals surface area contributed by atoms with E-state index in [9.17, 15) is 0 Å². The maximum absolute atomic E-state index is 5.42. The fraction of sp³-hybridized carbons (Fsp3) is 0.364. The van der Waals surface area contributed by atoms with Gasteiger partial charge in [0, 0.05) is 31.0 Å². The van der Waals surface area contributed by atoms with Crippen LogP contribution < -0.4 is 16.6 Å². The largest absolute Gasteiger partial charge is 0.368 e. The molecule has 7 nitrogen and oxygen atoms in total. The summed E-state index contributed by atoms with van der Waals surface area (Å²) >= 11 is 0. The second-order valence-corrected chi connectivity index (χ2v) is 3.77. The van der Waals surface area contributed by atoms with Crippen molar-refractivity contribution in [2.45, 2.75) is 19.9 Å². The van der Waals surface area contributed by atoms with Crippen LogP contribution in [0.1, 0.15) is 12.5 Å². The number of hydrogen-bond acceptors (Lipinski definition) is 6. The van der Waals surface area contributed by atoms with E-state index in [0.29, 0.717) is 5.82 Å². The zero-order chi connectivity index (χ0) is 12.8. The van der Waals surface area contributed by atoms with Gasteiger partial charge in [0.2, 0.25) is 0 Å². The van der Waals surface area contributed by atoms with E-state index in [1.807, 2.05) is 17.7 Å². The van der Waals surface area contributed by atoms with Gasteiger partial charge in [0.1, 0.15) is 18.0 Å². The van der Waals surface area contributed by atoms with Crippen molar-refractivity contribution in [2.24, 2.45) is 5.84 Å². The van der Waals surface area contributed by atoms with Gasteiger partial charge in [0.15, 0.2) is 0 Å². The zero-order valence-corrected chi connectivity index (χ0v) is 10.3. The molecule has 2 aromatic rings. The van der Waals surface area contributed by atoms with Crippen LogP contribution in [0.4, 0.5) is 11.6 Å². The smallest absolute Gasteiger partial charge is 0.148 e. The first kappa shape index (κ1) is 12.3. The van der Waals surface area contributed by atoms with Crippen LogP contribution in [0.5, 0.6) is 0 Å². The van der Waals surface area contributed by atoms with Gasteiger partial charge in [-0.3, -0.25) is 0 Å². The van der Waals surface area contributed by atoms with Gasteiger partial charge in [-0.25, -0.2) is 20.8 Å². The average molecular weight is 247 g/mol. The molecule has 0 amide bonds. The minimum absolute atomic E-state index is 0.664. The van der Waals surface area contributed by atoms with Gasteiger partial charge in [0.05, 0.1) is 6.33 Å². The van der Waals surface area contributed by atoms with Gasteiger partial charge in [-0.2, -0.15) is 0 Å². The van der Waals surface area contributed by atoms with Crippen molar-refractivity contribution in [3.8, 4) is 0 Å². The van der Waals surface area contributed by atoms with Crippen molar-refractivity contribution in [3.05, 3.63) is 30.6 Å². The molecule has 2 aromatic heterocycles. The molecule has 0 saturated carbocycles. The summed E-state index contributed by atoms with van der Waals surface area (Å²) in [5.41, 5.74) is 3.58. The van der Waals surface area contributed by atoms with E-state index in [0.717, 1.165) is 30.9 Å². The number of imidazole rings is 1. The standard InChI is InChI=1S/C11H17N7/c1-2-9-10(15-7-16-11(9)17-12)14-4-6-18-5-3-13-8-18/h3,5,7-8H,2,4,6,12H2,1H3,(H2,14,15,16,17). The Hall–Kier alpha value is -2.15. The van der Waals surface area contributed by atoms with Crippen LogP contribution in [-0.4, -0.2) is 26.1 Å². The minimum Gasteiger partial charge on any atom is -0.368 e. The molecule has 0 aromatic carbocycles. The monoisotopic (exact) mass is 247 g/mol. The van der Waals surface area contributed by atoms with E-state index >= 15 is 0 Å². The van der Waals surface area contributed by atoms with Gasteiger partial charge in [-0.05, 0) is 6.42 Å². The quantitative estimate of drug-likeness (QED) is 0.512. The van der Waals surface area contributed by atoms with Crippen molar-refractivity contribution in [2.75, 3.05) is 17.3 Å². The summed E-state index contributed by atoms with van der Waals surface area (Å²) in [6.45, 7) is 3.64. The molecule has 0 aliphatic rings. The van der Waals surface area contributed by atoms with E-state index in [4.69, 9.17) is 5.84 Å². The molecule has 0 aliphatic carbocycles. The number of hydrazine groups is 1. The van der Waals surface area contributed by atoms with Gasteiger partial charge in [-0.1, -0.05) is 6.92 Å². The maximum atomic E-state index is 5.42. The molecule has 0 aliphatic heterocycles. The van der Waals surface area contributed by atoms with Crippen molar-refractivity contribution in [3.63, 3.8) is 0 Å². The number of nitrogens with two attached hydrogens (primary N) is 1. The van der Waals surface area contributed by atoms with Crippen LogP contribution >= 0.6 is 0 Å². The summed E-state index contributed by atoms with van der Waals surface area (Å²) < 4.78 is 2.00. The van der Waals surface area contributed by atoms with Gasteiger partial charge in [0.25, 0.3) is 0 Å². The highest BCUT2D eigenvalue weighted by molar-refractivity contribution is 5.56. The first-order valence-corrected chi connectivity index (χ1v) is 5.85. The highest BCUT2D eigenvalue weighted by atomic mass is 15.3. The Morgan fingerprint density at radius 2 is 2.17 bits per heavy atom. The summed E-state index contributed by atoms with van der Waals surface area (Å²) in [7, 11) is 0. The fourth-order valence-corrected chi connectivity index (χ4v) is 1.75. The molecule has 0 atom stereocenters. The third kappa shape index (κ3) is 2.75. The molecule has 4 N–H and O–H groups in total. The van der Waals surface area contributed by atoms with Crippen LogP contribution in [0.25, 0.3) is 0 Å². The molecule has 0 saturated heterocycles. The highest BCUT2D eigenvalue weighted by Gasteiger charge is 2.07. The van der Waals surface area contributed by atoms with Crippen LogP contribution in [0.3, 0.4) is 0 Å². The van der Waals surface area contributed by atoms with Crippen molar-refractivity contribution in [1.82, 2.24) is 19.5 Å². The summed E-state index contributed by atoms with van der Waals surface area (Å²) in [6.07, 6.45) is 7.78. The van der Waals surface area contributed by atoms with Crippen molar-refractivity contribution in [1.29, 1.82) is 0 Å². The molecule has 0 fully saturated rings. The lowest BCUT2D eigenvalue weighted by atomic mass is 10.2. The molecular weight excluding hydrogens is 230 g/mol. The second-order valence-electron chi connectivity index (χ2n) is 3.77. The molecule has 0 unspecified atom stereocenters. The maximum Gasteiger partial charge on any atom is 0.148 e. The zero-order valence-electron chi connectivity index (χ0n) is 10.3. The highest BCUT2D eigenvalue weighted by Crippen LogP contribution is 2.19. The van der Waals surface area contributed by atoms with E-state index in [-0.39, 0.29) is 0 Å². The number of nitrogens with one attached hydrogen (secondary N) is 2. The lowest BCUT2D eigenvalue weighted by molar-refractivity contribution is 0.724. The van der Waals surface area contributed by atoms with Crippen LogP contribution in [-0.2, 0) is 13.0 Å². The summed E-state index contributed by atoms with van der Waals surface area (Å²) in [5, 5.41) is 3.28. The Morgan fingerprint density at radius 1 is 1.33 bits per heavy atom. The van der Waals surface area contributed by atoms with E-state index in [2.05, 4.69) is 25.7 Å². The lowest BCUT2D eigenvalue weighted by Crippen LogP contribution is -2.16. The summed E-state index contributed by atoms with van der Waals surface area (Å²) in [6, 6.07) is 0. The normalized spacial score (nSPS) is 10.3. The van der Waals surface area contributed by atoms with Gasteiger partial charge < -0.3 is 15.3 Å². The van der Waals surface area contributed by atoms with E-state index in [1.165, 1.54) is 6.33 Å². The molecule has 2 rings (SSSR count). The molecule has 18 heavy (non-hydrogen) atoms. The Bertz CT molecular complexity index is 480. The molecule has 2 heterocycles. The predicted octanol–water partition coefficient (Wildman–Crippen LogP) is 0.633. The Labute approximate surface area is 105 Å². The van der Waals surface area contributed by atoms with Gasteiger partial charge in [-0.15, -0.1) is 0 Å². The number of nitrogens with zero attached hydrogens (tertiary/aromatic N) is 4. The number of anilines is 2. The molecule has 0 radical (unpaired) electrons. The minimum atomic E-state index is 0.664. The topological polar surface area (TPSA) is 93.7 Å². The Balaban J connectivity index is 2.00. The van der Waals surface area contributed by atoms with Crippen LogP contribution in [0.2, 0.25) is 0 Å². The molecular formula is C11H17N7. The molecule has 96 valence electrons. The molecule has 0 spiro atoms. The SMILES string of the molecule is CCc1c(NN)ncnc1NCCn1ccnc1. The average Bonchev–Trinajstić information content (AvgIpc) is 2.91. The summed E-state index contributed by atoms with van der Waals surface area (Å²) in [5.74, 6) is 6.90. The van der Waals surface area contributed by atoms with Gasteiger partial charge >= 0.3 is 0 Å². The Morgan fingerprint density at radius 3 is 2.83 bits per heavy atom. The second kappa shape index (κ2) is 5.97. The van der Waals surface area contributed by atoms with Crippen LogP contribution in [0, 0.1) is 0 Å². The molecule has 0 bridgehead atoms. The van der Waals surface area contributed by atoms with E-state index < -0.39 is 0 Å². The number of rotatable bonds is 6. The number of hydrogen-bond donors (Lipinski definition) is 3. The molecule has 7 heteroatoms. The third-order valence-corrected chi connectivity index (χ3v) is 2.66. The third-order valence-electron chi connectivity index (χ3n) is 2.66. The van der Waals surface area contributed by atoms with E-state index in [1.54, 1.807) is 12.5 Å². The van der Waals surface area contributed by atoms with Crippen molar-refractivity contribution >= 4 is 11.6 Å². The predicted molar refractivity (Wildman–Crippen MR) is 69.9 cm³/mol.